The Bertz CT molecular complexity index is 1090. The molecule has 0 N–H and O–H groups in total. The molecule has 0 radical (unpaired) electrons. The van der Waals surface area contributed by atoms with E-state index in [0.717, 1.165) is 11.9 Å². The molecule has 0 heterocycles. The summed E-state index contributed by atoms with van der Waals surface area (Å²) in [6.07, 6.45) is 0.978. The van der Waals surface area contributed by atoms with Gasteiger partial charge in [0.25, 0.3) is 0 Å². The average molecular weight is 519 g/mol. The Morgan fingerprint density at radius 1 is 0.600 bits per heavy atom. The third kappa shape index (κ3) is 5.89. The van der Waals surface area contributed by atoms with Crippen LogP contribution >= 0.6 is 7.26 Å². The van der Waals surface area contributed by atoms with Gasteiger partial charge in [-0.1, -0.05) is 87.5 Å². The van der Waals surface area contributed by atoms with Crippen LogP contribution in [-0.2, 0) is 6.16 Å². The molecule has 182 valence electrons. The standard InChI is InChI=1S/C31H36OPSi.ClH/c1-31(2,3)34(4,5)32-27-23-21-26(22-24-27)25-33(28-15-9-6-10-16-28,29-17-11-7-12-18-29)30-19-13-8-14-20-30;/h6-24H,25H2,1-5H3;1H/q+1;/p-1. The van der Waals surface area contributed by atoms with Crippen molar-refractivity contribution in [3.63, 3.8) is 0 Å². The van der Waals surface area contributed by atoms with Crippen LogP contribution in [0.3, 0.4) is 0 Å². The fraction of sp³-hybridized carbons (Fsp3) is 0.226. The topological polar surface area (TPSA) is 9.23 Å². The van der Waals surface area contributed by atoms with Crippen molar-refractivity contribution in [3.05, 3.63) is 121 Å². The first-order chi connectivity index (χ1) is 16.2. The van der Waals surface area contributed by atoms with Gasteiger partial charge in [0.1, 0.15) is 28.9 Å². The Labute approximate surface area is 219 Å². The molecule has 4 rings (SSSR count). The van der Waals surface area contributed by atoms with Crippen LogP contribution in [0.5, 0.6) is 5.75 Å². The second-order valence-electron chi connectivity index (χ2n) is 10.5. The minimum absolute atomic E-state index is 0. The van der Waals surface area contributed by atoms with Gasteiger partial charge in [0.05, 0.1) is 6.16 Å². The Kier molecular flexibility index (Phi) is 8.65. The van der Waals surface area contributed by atoms with E-state index < -0.39 is 15.6 Å². The van der Waals surface area contributed by atoms with E-state index in [1.54, 1.807) is 0 Å². The van der Waals surface area contributed by atoms with Crippen molar-refractivity contribution in [2.24, 2.45) is 0 Å². The predicted octanol–water partition coefficient (Wildman–Crippen LogP) is 4.57. The number of halogens is 1. The van der Waals surface area contributed by atoms with Gasteiger partial charge in [-0.25, -0.2) is 0 Å². The minimum Gasteiger partial charge on any atom is -1.00 e. The molecule has 35 heavy (non-hydrogen) atoms. The summed E-state index contributed by atoms with van der Waals surface area (Å²) in [5, 5.41) is 4.41. The Hall–Kier alpha value is -2.38. The first-order valence-electron chi connectivity index (χ1n) is 12.1. The maximum atomic E-state index is 6.55. The smallest absolute Gasteiger partial charge is 0.250 e. The van der Waals surface area contributed by atoms with E-state index in [9.17, 15) is 0 Å². The van der Waals surface area contributed by atoms with Crippen molar-refractivity contribution in [2.75, 3.05) is 0 Å². The fourth-order valence-corrected chi connectivity index (χ4v) is 9.43. The van der Waals surface area contributed by atoms with Gasteiger partial charge in [0.15, 0.2) is 0 Å². The maximum absolute atomic E-state index is 6.55. The van der Waals surface area contributed by atoms with Crippen molar-refractivity contribution in [2.45, 2.75) is 45.1 Å². The fourth-order valence-electron chi connectivity index (χ4n) is 4.15. The van der Waals surface area contributed by atoms with Crippen molar-refractivity contribution < 1.29 is 16.8 Å². The summed E-state index contributed by atoms with van der Waals surface area (Å²) in [5.41, 5.74) is 1.34. The zero-order chi connectivity index (χ0) is 24.2. The highest BCUT2D eigenvalue weighted by Crippen LogP contribution is 2.58. The lowest BCUT2D eigenvalue weighted by molar-refractivity contribution is -0.00000780. The predicted molar refractivity (Wildman–Crippen MR) is 153 cm³/mol. The van der Waals surface area contributed by atoms with E-state index in [2.05, 4.69) is 149 Å². The minimum atomic E-state index is -1.89. The highest BCUT2D eigenvalue weighted by molar-refractivity contribution is 7.95. The van der Waals surface area contributed by atoms with Crippen LogP contribution in [0.15, 0.2) is 115 Å². The highest BCUT2D eigenvalue weighted by atomic mass is 35.5. The van der Waals surface area contributed by atoms with Gasteiger partial charge in [0.2, 0.25) is 8.32 Å². The average Bonchev–Trinajstić information content (AvgIpc) is 2.84. The zero-order valence-corrected chi connectivity index (χ0v) is 24.1. The molecule has 0 aliphatic rings. The summed E-state index contributed by atoms with van der Waals surface area (Å²) < 4.78 is 6.55. The Morgan fingerprint density at radius 2 is 0.971 bits per heavy atom. The molecule has 0 saturated carbocycles. The molecule has 0 fully saturated rings. The molecule has 1 nitrogen and oxygen atoms in total. The molecular formula is C31H36ClOPSi. The number of hydrogen-bond donors (Lipinski definition) is 0. The third-order valence-corrected chi connectivity index (χ3v) is 15.9. The molecular weight excluding hydrogens is 483 g/mol. The second-order valence-corrected chi connectivity index (χ2v) is 18.7. The number of hydrogen-bond acceptors (Lipinski definition) is 1. The Morgan fingerprint density at radius 3 is 1.31 bits per heavy atom. The summed E-state index contributed by atoms with van der Waals surface area (Å²) in [6, 6.07) is 42.1. The molecule has 4 aromatic rings. The van der Waals surface area contributed by atoms with E-state index in [4.69, 9.17) is 4.43 Å². The molecule has 0 atom stereocenters. The third-order valence-electron chi connectivity index (χ3n) is 7.11. The first-order valence-corrected chi connectivity index (χ1v) is 16.9. The zero-order valence-electron chi connectivity index (χ0n) is 21.4. The number of benzene rings is 4. The lowest BCUT2D eigenvalue weighted by atomic mass is 10.2. The lowest BCUT2D eigenvalue weighted by Crippen LogP contribution is -3.00. The van der Waals surface area contributed by atoms with Crippen LogP contribution in [-0.4, -0.2) is 8.32 Å². The summed E-state index contributed by atoms with van der Waals surface area (Å²) in [7, 11) is -3.75. The van der Waals surface area contributed by atoms with Gasteiger partial charge in [-0.3, -0.25) is 0 Å². The van der Waals surface area contributed by atoms with Crippen LogP contribution in [0.1, 0.15) is 26.3 Å². The van der Waals surface area contributed by atoms with Crippen molar-refractivity contribution in [1.82, 2.24) is 0 Å². The molecule has 0 amide bonds. The van der Waals surface area contributed by atoms with E-state index in [1.807, 2.05) is 0 Å². The van der Waals surface area contributed by atoms with Crippen LogP contribution in [0.25, 0.3) is 0 Å². The van der Waals surface area contributed by atoms with Gasteiger partial charge >= 0.3 is 0 Å². The summed E-state index contributed by atoms with van der Waals surface area (Å²) in [5.74, 6) is 0.985. The van der Waals surface area contributed by atoms with Crippen molar-refractivity contribution in [1.29, 1.82) is 0 Å². The second kappa shape index (κ2) is 11.1. The largest absolute Gasteiger partial charge is 1.00 e. The normalized spacial score (nSPS) is 12.0. The Balaban J connectivity index is 0.00000342. The molecule has 0 spiro atoms. The van der Waals surface area contributed by atoms with Gasteiger partial charge in [0, 0.05) is 0 Å². The van der Waals surface area contributed by atoms with E-state index >= 15 is 0 Å². The SMILES string of the molecule is CC(C)(C)[Si](C)(C)Oc1ccc(C[P+](c2ccccc2)(c2ccccc2)c2ccccc2)cc1.[Cl-]. The molecule has 0 aromatic heterocycles. The maximum Gasteiger partial charge on any atom is 0.250 e. The van der Waals surface area contributed by atoms with Gasteiger partial charge in [-0.05, 0) is 72.2 Å². The van der Waals surface area contributed by atoms with Crippen molar-refractivity contribution in [3.8, 4) is 5.75 Å². The molecule has 0 saturated heterocycles. The molecule has 0 aliphatic carbocycles. The quantitative estimate of drug-likeness (QED) is 0.257. The van der Waals surface area contributed by atoms with Gasteiger partial charge in [-0.15, -0.1) is 0 Å². The highest BCUT2D eigenvalue weighted by Gasteiger charge is 2.45. The van der Waals surface area contributed by atoms with E-state index in [-0.39, 0.29) is 17.4 Å². The van der Waals surface area contributed by atoms with Crippen LogP contribution in [0, 0.1) is 0 Å². The first kappa shape index (κ1) is 27.2. The van der Waals surface area contributed by atoms with Crippen molar-refractivity contribution >= 4 is 31.5 Å². The molecule has 0 unspecified atom stereocenters. The van der Waals surface area contributed by atoms with Crippen LogP contribution in [0.2, 0.25) is 18.1 Å². The summed E-state index contributed by atoms with van der Waals surface area (Å²) in [4.78, 5) is 0. The van der Waals surface area contributed by atoms with E-state index in [0.29, 0.717) is 0 Å². The molecule has 0 bridgehead atoms. The summed E-state index contributed by atoms with van der Waals surface area (Å²) >= 11 is 0. The van der Waals surface area contributed by atoms with Crippen LogP contribution < -0.4 is 32.7 Å². The van der Waals surface area contributed by atoms with Crippen LogP contribution in [0.4, 0.5) is 0 Å². The van der Waals surface area contributed by atoms with E-state index in [1.165, 1.54) is 21.5 Å². The monoisotopic (exact) mass is 518 g/mol. The summed E-state index contributed by atoms with van der Waals surface area (Å²) in [6.45, 7) is 11.5. The lowest BCUT2D eigenvalue weighted by Gasteiger charge is -2.36. The number of rotatable bonds is 7. The molecule has 4 heteroatoms. The molecule has 4 aromatic carbocycles. The van der Waals surface area contributed by atoms with Gasteiger partial charge in [-0.2, -0.15) is 0 Å². The molecule has 0 aliphatic heterocycles. The van der Waals surface area contributed by atoms with Gasteiger partial charge < -0.3 is 16.8 Å².